The molecule has 2 rings (SSSR count). The summed E-state index contributed by atoms with van der Waals surface area (Å²) in [4.78, 5) is 24.2. The molecule has 3 atom stereocenters. The number of carboxylic acid groups (broad SMARTS) is 1. The van der Waals surface area contributed by atoms with Gasteiger partial charge < -0.3 is 20.3 Å². The van der Waals surface area contributed by atoms with E-state index in [-0.39, 0.29) is 0 Å². The third kappa shape index (κ3) is 2.95. The predicted molar refractivity (Wildman–Crippen MR) is 76.7 cm³/mol. The normalized spacial score (nSPS) is 27.4. The molecule has 1 fully saturated rings. The number of carbonyl (C=O) groups excluding carboxylic acids is 1. The van der Waals surface area contributed by atoms with E-state index < -0.39 is 41.7 Å². The molecule has 0 aliphatic carbocycles. The lowest BCUT2D eigenvalue weighted by molar-refractivity contribution is -0.163. The summed E-state index contributed by atoms with van der Waals surface area (Å²) in [6.07, 6.45) is -1.35. The van der Waals surface area contributed by atoms with Crippen LogP contribution in [0.2, 0.25) is 0 Å². The number of thiophene rings is 1. The fourth-order valence-electron chi connectivity index (χ4n) is 2.16. The van der Waals surface area contributed by atoms with Crippen molar-refractivity contribution in [3.8, 4) is 0 Å². The molecule has 1 saturated heterocycles. The van der Waals surface area contributed by atoms with Crippen molar-refractivity contribution in [3.63, 3.8) is 0 Å². The standard InChI is InChI=1S/C14H19NO5S/c1-13(2,3)12-19-11(18)14(20-12,7-9(16)17)10(15)8-5-4-6-21-8/h4-6,10,12H,7,15H2,1-3H3,(H,16,17)/t10-,12+,14+/m0/s1. The summed E-state index contributed by atoms with van der Waals surface area (Å²) in [5, 5.41) is 11.0. The first-order valence-corrected chi connectivity index (χ1v) is 7.44. The van der Waals surface area contributed by atoms with E-state index in [9.17, 15) is 9.59 Å². The number of rotatable bonds is 4. The topological polar surface area (TPSA) is 98.9 Å². The quantitative estimate of drug-likeness (QED) is 0.824. The Morgan fingerprint density at radius 1 is 1.57 bits per heavy atom. The highest BCUT2D eigenvalue weighted by Gasteiger charge is 2.58. The molecule has 1 aromatic rings. The molecule has 1 aliphatic rings. The average molecular weight is 313 g/mol. The van der Waals surface area contributed by atoms with Crippen LogP contribution in [0.4, 0.5) is 0 Å². The summed E-state index contributed by atoms with van der Waals surface area (Å²) < 4.78 is 11.0. The molecule has 0 unspecified atom stereocenters. The zero-order chi connectivity index (χ0) is 15.8. The summed E-state index contributed by atoms with van der Waals surface area (Å²) >= 11 is 1.35. The van der Waals surface area contributed by atoms with Crippen LogP contribution in [0.25, 0.3) is 0 Å². The Hall–Kier alpha value is -1.44. The lowest BCUT2D eigenvalue weighted by Gasteiger charge is -2.31. The van der Waals surface area contributed by atoms with Crippen molar-refractivity contribution in [3.05, 3.63) is 22.4 Å². The van der Waals surface area contributed by atoms with Crippen LogP contribution < -0.4 is 5.73 Å². The largest absolute Gasteiger partial charge is 0.481 e. The Morgan fingerprint density at radius 3 is 2.67 bits per heavy atom. The predicted octanol–water partition coefficient (Wildman–Crippen LogP) is 1.91. The van der Waals surface area contributed by atoms with E-state index in [1.807, 2.05) is 26.2 Å². The maximum Gasteiger partial charge on any atom is 0.343 e. The highest BCUT2D eigenvalue weighted by Crippen LogP contribution is 2.43. The van der Waals surface area contributed by atoms with Crippen molar-refractivity contribution >= 4 is 23.3 Å². The number of cyclic esters (lactones) is 1. The third-order valence-electron chi connectivity index (χ3n) is 3.35. The van der Waals surface area contributed by atoms with Crippen LogP contribution in [0.1, 0.15) is 38.1 Å². The molecular weight excluding hydrogens is 294 g/mol. The molecule has 0 aromatic carbocycles. The Labute approximate surface area is 126 Å². The zero-order valence-electron chi connectivity index (χ0n) is 12.2. The summed E-state index contributed by atoms with van der Waals surface area (Å²) in [7, 11) is 0. The van der Waals surface area contributed by atoms with E-state index in [0.717, 1.165) is 0 Å². The molecule has 1 aromatic heterocycles. The van der Waals surface area contributed by atoms with E-state index >= 15 is 0 Å². The number of ether oxygens (including phenoxy) is 2. The SMILES string of the molecule is CC(C)(C)[C@@H]1OC(=O)[C@@](CC(=O)O)([C@@H](N)c2cccs2)O1. The van der Waals surface area contributed by atoms with E-state index in [2.05, 4.69) is 0 Å². The van der Waals surface area contributed by atoms with E-state index in [1.54, 1.807) is 12.1 Å². The van der Waals surface area contributed by atoms with Crippen molar-refractivity contribution in [1.82, 2.24) is 0 Å². The minimum absolute atomic E-state index is 0.467. The second-order valence-electron chi connectivity index (χ2n) is 6.17. The van der Waals surface area contributed by atoms with Crippen LogP contribution in [0, 0.1) is 5.41 Å². The van der Waals surface area contributed by atoms with Gasteiger partial charge in [0, 0.05) is 10.3 Å². The molecule has 0 amide bonds. The first kappa shape index (κ1) is 15.9. The monoisotopic (exact) mass is 313 g/mol. The smallest absolute Gasteiger partial charge is 0.343 e. The fraction of sp³-hybridized carbons (Fsp3) is 0.571. The second kappa shape index (κ2) is 5.40. The second-order valence-corrected chi connectivity index (χ2v) is 7.15. The molecule has 116 valence electrons. The number of aliphatic carboxylic acids is 1. The molecule has 0 radical (unpaired) electrons. The van der Waals surface area contributed by atoms with E-state index in [0.29, 0.717) is 4.88 Å². The Kier molecular flexibility index (Phi) is 4.10. The summed E-state index contributed by atoms with van der Waals surface area (Å²) in [5.41, 5.74) is 3.99. The van der Waals surface area contributed by atoms with Crippen LogP contribution >= 0.6 is 11.3 Å². The van der Waals surface area contributed by atoms with Crippen molar-refractivity contribution in [2.75, 3.05) is 0 Å². The third-order valence-corrected chi connectivity index (χ3v) is 4.31. The zero-order valence-corrected chi connectivity index (χ0v) is 13.0. The van der Waals surface area contributed by atoms with Crippen LogP contribution in [-0.4, -0.2) is 28.9 Å². The van der Waals surface area contributed by atoms with Gasteiger partial charge in [0.05, 0.1) is 12.5 Å². The van der Waals surface area contributed by atoms with Gasteiger partial charge in [-0.05, 0) is 11.4 Å². The van der Waals surface area contributed by atoms with Gasteiger partial charge in [0.15, 0.2) is 5.60 Å². The molecule has 2 heterocycles. The number of carbonyl (C=O) groups is 2. The van der Waals surface area contributed by atoms with E-state index in [1.165, 1.54) is 11.3 Å². The van der Waals surface area contributed by atoms with Gasteiger partial charge in [0.1, 0.15) is 0 Å². The number of hydrogen-bond donors (Lipinski definition) is 2. The van der Waals surface area contributed by atoms with Crippen LogP contribution in [-0.2, 0) is 19.1 Å². The first-order chi connectivity index (χ1) is 9.67. The van der Waals surface area contributed by atoms with Gasteiger partial charge in [0.2, 0.25) is 6.29 Å². The molecule has 0 saturated carbocycles. The van der Waals surface area contributed by atoms with Gasteiger partial charge in [0.25, 0.3) is 0 Å². The molecule has 7 heteroatoms. The summed E-state index contributed by atoms with van der Waals surface area (Å²) in [6.45, 7) is 5.54. The van der Waals surface area contributed by atoms with Crippen LogP contribution in [0.3, 0.4) is 0 Å². The number of nitrogens with two attached hydrogens (primary N) is 1. The van der Waals surface area contributed by atoms with Crippen molar-refractivity contribution in [1.29, 1.82) is 0 Å². The molecular formula is C14H19NO5S. The lowest BCUT2D eigenvalue weighted by atomic mass is 9.89. The van der Waals surface area contributed by atoms with Crippen molar-refractivity contribution in [2.24, 2.45) is 11.1 Å². The highest BCUT2D eigenvalue weighted by molar-refractivity contribution is 7.10. The minimum Gasteiger partial charge on any atom is -0.481 e. The van der Waals surface area contributed by atoms with Gasteiger partial charge in [-0.3, -0.25) is 4.79 Å². The Bertz CT molecular complexity index is 536. The van der Waals surface area contributed by atoms with Crippen LogP contribution in [0.5, 0.6) is 0 Å². The number of hydrogen-bond acceptors (Lipinski definition) is 6. The summed E-state index contributed by atoms with van der Waals surface area (Å²) in [6, 6.07) is 2.66. The molecule has 0 bridgehead atoms. The van der Waals surface area contributed by atoms with Gasteiger partial charge in [-0.15, -0.1) is 11.3 Å². The highest BCUT2D eigenvalue weighted by atomic mass is 32.1. The lowest BCUT2D eigenvalue weighted by Crippen LogP contribution is -2.48. The minimum atomic E-state index is -1.69. The summed E-state index contributed by atoms with van der Waals surface area (Å²) in [5.74, 6) is -1.88. The molecule has 21 heavy (non-hydrogen) atoms. The molecule has 1 aliphatic heterocycles. The number of carboxylic acids is 1. The first-order valence-electron chi connectivity index (χ1n) is 6.56. The van der Waals surface area contributed by atoms with Gasteiger partial charge >= 0.3 is 11.9 Å². The van der Waals surface area contributed by atoms with Gasteiger partial charge in [-0.25, -0.2) is 4.79 Å². The van der Waals surface area contributed by atoms with Crippen molar-refractivity contribution in [2.45, 2.75) is 45.1 Å². The maximum atomic E-state index is 12.3. The number of esters is 1. The fourth-order valence-corrected chi connectivity index (χ4v) is 2.97. The van der Waals surface area contributed by atoms with Crippen molar-refractivity contribution < 1.29 is 24.2 Å². The molecule has 6 nitrogen and oxygen atoms in total. The van der Waals surface area contributed by atoms with E-state index in [4.69, 9.17) is 20.3 Å². The molecule has 0 spiro atoms. The maximum absolute atomic E-state index is 12.3. The van der Waals surface area contributed by atoms with Crippen LogP contribution in [0.15, 0.2) is 17.5 Å². The molecule has 3 N–H and O–H groups in total. The average Bonchev–Trinajstić information content (AvgIpc) is 2.96. The van der Waals surface area contributed by atoms with Gasteiger partial charge in [-0.2, -0.15) is 0 Å². The van der Waals surface area contributed by atoms with Gasteiger partial charge in [-0.1, -0.05) is 26.8 Å². The Morgan fingerprint density at radius 2 is 2.24 bits per heavy atom. The Balaban J connectivity index is 2.39.